The lowest BCUT2D eigenvalue weighted by molar-refractivity contribution is 0.0745. The van der Waals surface area contributed by atoms with Crippen LogP contribution in [0.2, 0.25) is 0 Å². The van der Waals surface area contributed by atoms with Crippen molar-refractivity contribution in [2.24, 2.45) is 0 Å². The molecule has 1 aliphatic carbocycles. The SMILES string of the molecule is Cc1cc(C)c2nc(C3CC3)cc(C(=O)N(C)C3CCNC3)c2c1. The first-order chi connectivity index (χ1) is 11.5. The van der Waals surface area contributed by atoms with Crippen molar-refractivity contribution in [3.05, 3.63) is 40.6 Å². The number of benzene rings is 1. The molecule has 1 amide bonds. The third-order valence-corrected chi connectivity index (χ3v) is 5.40. The number of aromatic nitrogens is 1. The average Bonchev–Trinajstić information content (AvgIpc) is 3.27. The Labute approximate surface area is 143 Å². The molecule has 2 fully saturated rings. The van der Waals surface area contributed by atoms with Gasteiger partial charge in [-0.15, -0.1) is 0 Å². The van der Waals surface area contributed by atoms with E-state index in [0.717, 1.165) is 47.2 Å². The fourth-order valence-electron chi connectivity index (χ4n) is 3.79. The van der Waals surface area contributed by atoms with Crippen LogP contribution < -0.4 is 5.32 Å². The minimum atomic E-state index is 0.128. The van der Waals surface area contributed by atoms with Gasteiger partial charge in [-0.3, -0.25) is 9.78 Å². The first kappa shape index (κ1) is 15.6. The third-order valence-electron chi connectivity index (χ3n) is 5.40. The molecular weight excluding hydrogens is 298 g/mol. The van der Waals surface area contributed by atoms with Crippen LogP contribution in [-0.2, 0) is 0 Å². The standard InChI is InChI=1S/C20H25N3O/c1-12-8-13(2)19-16(9-12)17(10-18(22-19)14-4-5-14)20(24)23(3)15-6-7-21-11-15/h8-10,14-15,21H,4-7,11H2,1-3H3. The molecule has 2 aliphatic rings. The average molecular weight is 323 g/mol. The summed E-state index contributed by atoms with van der Waals surface area (Å²) in [5.74, 6) is 0.670. The van der Waals surface area contributed by atoms with E-state index in [9.17, 15) is 4.79 Å². The molecule has 1 saturated carbocycles. The lowest BCUT2D eigenvalue weighted by atomic mass is 9.99. The second-order valence-corrected chi connectivity index (χ2v) is 7.41. The van der Waals surface area contributed by atoms with Crippen molar-refractivity contribution in [1.29, 1.82) is 0 Å². The van der Waals surface area contributed by atoms with E-state index in [1.54, 1.807) is 0 Å². The van der Waals surface area contributed by atoms with E-state index in [0.29, 0.717) is 5.92 Å². The van der Waals surface area contributed by atoms with E-state index in [-0.39, 0.29) is 11.9 Å². The summed E-state index contributed by atoms with van der Waals surface area (Å²) in [7, 11) is 1.94. The summed E-state index contributed by atoms with van der Waals surface area (Å²) in [6.07, 6.45) is 3.41. The number of nitrogens with zero attached hydrogens (tertiary/aromatic N) is 2. The molecule has 1 aromatic heterocycles. The van der Waals surface area contributed by atoms with E-state index >= 15 is 0 Å². The Kier molecular flexibility index (Phi) is 3.80. The van der Waals surface area contributed by atoms with Crippen molar-refractivity contribution in [3.8, 4) is 0 Å². The first-order valence-corrected chi connectivity index (χ1v) is 8.94. The Bertz CT molecular complexity index is 804. The van der Waals surface area contributed by atoms with Gasteiger partial charge in [-0.25, -0.2) is 0 Å². The number of amides is 1. The number of pyridine rings is 1. The molecule has 1 N–H and O–H groups in total. The predicted molar refractivity (Wildman–Crippen MR) is 96.6 cm³/mol. The van der Waals surface area contributed by atoms with Gasteiger partial charge in [0.15, 0.2) is 0 Å². The molecule has 126 valence electrons. The number of nitrogens with one attached hydrogen (secondary N) is 1. The highest BCUT2D eigenvalue weighted by Crippen LogP contribution is 2.40. The Morgan fingerprint density at radius 1 is 1.21 bits per heavy atom. The molecule has 0 bridgehead atoms. The molecule has 1 atom stereocenters. The van der Waals surface area contributed by atoms with Crippen molar-refractivity contribution in [2.45, 2.75) is 45.1 Å². The van der Waals surface area contributed by atoms with Crippen molar-refractivity contribution < 1.29 is 4.79 Å². The fourth-order valence-corrected chi connectivity index (χ4v) is 3.79. The van der Waals surface area contributed by atoms with Gasteiger partial charge in [-0.2, -0.15) is 0 Å². The van der Waals surface area contributed by atoms with Gasteiger partial charge in [-0.05, 0) is 57.4 Å². The van der Waals surface area contributed by atoms with Gasteiger partial charge in [0.2, 0.25) is 0 Å². The van der Waals surface area contributed by atoms with E-state index in [4.69, 9.17) is 4.98 Å². The number of aryl methyl sites for hydroxylation is 2. The number of hydrogen-bond donors (Lipinski definition) is 1. The van der Waals surface area contributed by atoms with E-state index in [1.165, 1.54) is 18.4 Å². The molecule has 1 unspecified atom stereocenters. The normalized spacial score (nSPS) is 20.5. The van der Waals surface area contributed by atoms with E-state index < -0.39 is 0 Å². The molecule has 2 aromatic rings. The van der Waals surface area contributed by atoms with Gasteiger partial charge in [0.1, 0.15) is 0 Å². The molecule has 1 saturated heterocycles. The van der Waals surface area contributed by atoms with E-state index in [1.807, 2.05) is 11.9 Å². The van der Waals surface area contributed by atoms with Crippen LogP contribution >= 0.6 is 0 Å². The predicted octanol–water partition coefficient (Wildman–Crippen LogP) is 3.16. The summed E-state index contributed by atoms with van der Waals surface area (Å²) in [6.45, 7) is 6.06. The van der Waals surface area contributed by atoms with Gasteiger partial charge >= 0.3 is 0 Å². The molecule has 2 heterocycles. The quantitative estimate of drug-likeness (QED) is 0.944. The molecule has 4 nitrogen and oxygen atoms in total. The molecule has 0 spiro atoms. The maximum atomic E-state index is 13.2. The molecule has 0 radical (unpaired) electrons. The zero-order chi connectivity index (χ0) is 16.8. The number of likely N-dealkylation sites (N-methyl/N-ethyl adjacent to an activating group) is 1. The Hall–Kier alpha value is -1.94. The molecular formula is C20H25N3O. The number of carbonyl (C=O) groups excluding carboxylic acids is 1. The van der Waals surface area contributed by atoms with Crippen LogP contribution in [-0.4, -0.2) is 42.0 Å². The fraction of sp³-hybridized carbons (Fsp3) is 0.500. The van der Waals surface area contributed by atoms with Gasteiger partial charge in [0.05, 0.1) is 11.1 Å². The summed E-state index contributed by atoms with van der Waals surface area (Å²) in [5, 5.41) is 4.35. The first-order valence-electron chi connectivity index (χ1n) is 8.94. The molecule has 4 heteroatoms. The Balaban J connectivity index is 1.84. The summed E-state index contributed by atoms with van der Waals surface area (Å²) >= 11 is 0. The molecule has 4 rings (SSSR count). The molecule has 24 heavy (non-hydrogen) atoms. The molecule has 1 aromatic carbocycles. The van der Waals surface area contributed by atoms with Crippen LogP contribution in [0.3, 0.4) is 0 Å². The minimum absolute atomic E-state index is 0.128. The van der Waals surface area contributed by atoms with Crippen LogP contribution in [0, 0.1) is 13.8 Å². The molecule has 1 aliphatic heterocycles. The zero-order valence-corrected chi connectivity index (χ0v) is 14.7. The Morgan fingerprint density at radius 2 is 2.00 bits per heavy atom. The lowest BCUT2D eigenvalue weighted by Gasteiger charge is -2.25. The maximum Gasteiger partial charge on any atom is 0.254 e. The van der Waals surface area contributed by atoms with Gasteiger partial charge in [-0.1, -0.05) is 11.6 Å². The van der Waals surface area contributed by atoms with E-state index in [2.05, 4.69) is 37.4 Å². The largest absolute Gasteiger partial charge is 0.337 e. The smallest absolute Gasteiger partial charge is 0.254 e. The highest BCUT2D eigenvalue weighted by atomic mass is 16.2. The summed E-state index contributed by atoms with van der Waals surface area (Å²) in [6, 6.07) is 6.61. The van der Waals surface area contributed by atoms with Crippen LogP contribution in [0.25, 0.3) is 10.9 Å². The van der Waals surface area contributed by atoms with Crippen molar-refractivity contribution in [2.75, 3.05) is 20.1 Å². The second-order valence-electron chi connectivity index (χ2n) is 7.41. The summed E-state index contributed by atoms with van der Waals surface area (Å²) < 4.78 is 0. The maximum absolute atomic E-state index is 13.2. The highest BCUT2D eigenvalue weighted by molar-refractivity contribution is 6.07. The topological polar surface area (TPSA) is 45.2 Å². The third kappa shape index (κ3) is 2.69. The Morgan fingerprint density at radius 3 is 2.67 bits per heavy atom. The number of carbonyl (C=O) groups is 1. The van der Waals surface area contributed by atoms with Crippen molar-refractivity contribution in [3.63, 3.8) is 0 Å². The monoisotopic (exact) mass is 323 g/mol. The lowest BCUT2D eigenvalue weighted by Crippen LogP contribution is -2.38. The van der Waals surface area contributed by atoms with Crippen LogP contribution in [0.15, 0.2) is 18.2 Å². The summed E-state index contributed by atoms with van der Waals surface area (Å²) in [5.41, 5.74) is 5.25. The van der Waals surface area contributed by atoms with Crippen LogP contribution in [0.1, 0.15) is 52.4 Å². The second kappa shape index (κ2) is 5.85. The highest BCUT2D eigenvalue weighted by Gasteiger charge is 2.30. The van der Waals surface area contributed by atoms with Gasteiger partial charge in [0, 0.05) is 36.6 Å². The van der Waals surface area contributed by atoms with Crippen molar-refractivity contribution in [1.82, 2.24) is 15.2 Å². The number of rotatable bonds is 3. The van der Waals surface area contributed by atoms with Crippen LogP contribution in [0.5, 0.6) is 0 Å². The van der Waals surface area contributed by atoms with Gasteiger partial charge < -0.3 is 10.2 Å². The minimum Gasteiger partial charge on any atom is -0.337 e. The van der Waals surface area contributed by atoms with Crippen LogP contribution in [0.4, 0.5) is 0 Å². The summed E-state index contributed by atoms with van der Waals surface area (Å²) in [4.78, 5) is 20.0. The number of fused-ring (bicyclic) bond motifs is 1. The zero-order valence-electron chi connectivity index (χ0n) is 14.7. The van der Waals surface area contributed by atoms with Crippen molar-refractivity contribution >= 4 is 16.8 Å². The number of hydrogen-bond acceptors (Lipinski definition) is 3. The van der Waals surface area contributed by atoms with Gasteiger partial charge in [0.25, 0.3) is 5.91 Å².